The van der Waals surface area contributed by atoms with Crippen LogP contribution in [-0.4, -0.2) is 5.71 Å². The van der Waals surface area contributed by atoms with E-state index in [1.54, 1.807) is 0 Å². The average molecular weight is 199 g/mol. The molecule has 0 heterocycles. The Labute approximate surface area is 91.9 Å². The first-order valence-corrected chi connectivity index (χ1v) is 5.04. The van der Waals surface area contributed by atoms with Gasteiger partial charge in [0.2, 0.25) is 0 Å². The molecule has 1 aromatic carbocycles. The van der Waals surface area contributed by atoms with Gasteiger partial charge in [-0.1, -0.05) is 36.9 Å². The highest BCUT2D eigenvalue weighted by molar-refractivity contribution is 5.82. The first-order chi connectivity index (χ1) is 7.15. The SMILES string of the molecule is C=C/C(=C\N=C(C)C)c1ccccc1C. The molecule has 0 fully saturated rings. The quantitative estimate of drug-likeness (QED) is 0.515. The third-order valence-corrected chi connectivity index (χ3v) is 2.14. The Hall–Kier alpha value is -1.63. The molecule has 0 aromatic heterocycles. The molecule has 1 nitrogen and oxygen atoms in total. The molecule has 0 unspecified atom stereocenters. The van der Waals surface area contributed by atoms with Crippen LogP contribution in [0, 0.1) is 6.92 Å². The Kier molecular flexibility index (Phi) is 4.04. The van der Waals surface area contributed by atoms with E-state index in [4.69, 9.17) is 0 Å². The number of rotatable bonds is 3. The molecule has 0 radical (unpaired) electrons. The number of benzene rings is 1. The second-order valence-corrected chi connectivity index (χ2v) is 3.68. The van der Waals surface area contributed by atoms with Gasteiger partial charge in [0, 0.05) is 11.9 Å². The van der Waals surface area contributed by atoms with Crippen LogP contribution >= 0.6 is 0 Å². The van der Waals surface area contributed by atoms with Crippen molar-refractivity contribution in [2.75, 3.05) is 0 Å². The van der Waals surface area contributed by atoms with Gasteiger partial charge in [0.15, 0.2) is 0 Å². The maximum absolute atomic E-state index is 4.30. The van der Waals surface area contributed by atoms with Crippen LogP contribution in [0.1, 0.15) is 25.0 Å². The molecule has 1 aromatic rings. The number of hydrogen-bond donors (Lipinski definition) is 0. The number of aryl methyl sites for hydroxylation is 1. The van der Waals surface area contributed by atoms with E-state index >= 15 is 0 Å². The second kappa shape index (κ2) is 5.30. The fourth-order valence-electron chi connectivity index (χ4n) is 1.33. The molecule has 0 saturated carbocycles. The maximum atomic E-state index is 4.30. The van der Waals surface area contributed by atoms with Gasteiger partial charge < -0.3 is 0 Å². The fourth-order valence-corrected chi connectivity index (χ4v) is 1.33. The third kappa shape index (κ3) is 3.21. The summed E-state index contributed by atoms with van der Waals surface area (Å²) in [4.78, 5) is 4.30. The van der Waals surface area contributed by atoms with E-state index in [-0.39, 0.29) is 0 Å². The number of hydrogen-bond acceptors (Lipinski definition) is 1. The van der Waals surface area contributed by atoms with Crippen molar-refractivity contribution in [2.45, 2.75) is 20.8 Å². The molecule has 0 saturated heterocycles. The lowest BCUT2D eigenvalue weighted by atomic mass is 10.0. The van der Waals surface area contributed by atoms with Gasteiger partial charge in [0.05, 0.1) is 0 Å². The normalized spacial score (nSPS) is 11.0. The first-order valence-electron chi connectivity index (χ1n) is 5.04. The number of allylic oxidation sites excluding steroid dienone is 2. The smallest absolute Gasteiger partial charge is 0.0345 e. The van der Waals surface area contributed by atoms with Crippen molar-refractivity contribution in [3.8, 4) is 0 Å². The van der Waals surface area contributed by atoms with Crippen molar-refractivity contribution in [3.05, 3.63) is 54.2 Å². The van der Waals surface area contributed by atoms with Crippen molar-refractivity contribution in [1.29, 1.82) is 0 Å². The monoisotopic (exact) mass is 199 g/mol. The molecule has 1 rings (SSSR count). The Morgan fingerprint density at radius 1 is 1.27 bits per heavy atom. The van der Waals surface area contributed by atoms with Gasteiger partial charge in [-0.25, -0.2) is 0 Å². The summed E-state index contributed by atoms with van der Waals surface area (Å²) in [7, 11) is 0. The Balaban J connectivity index is 3.14. The zero-order valence-corrected chi connectivity index (χ0v) is 9.62. The zero-order valence-electron chi connectivity index (χ0n) is 9.62. The molecular weight excluding hydrogens is 182 g/mol. The minimum absolute atomic E-state index is 1.04. The van der Waals surface area contributed by atoms with Crippen LogP contribution in [0.3, 0.4) is 0 Å². The van der Waals surface area contributed by atoms with Gasteiger partial charge >= 0.3 is 0 Å². The number of aliphatic imine (C=N–C) groups is 1. The molecule has 0 atom stereocenters. The van der Waals surface area contributed by atoms with E-state index in [1.807, 2.05) is 38.3 Å². The summed E-state index contributed by atoms with van der Waals surface area (Å²) in [6.45, 7) is 9.87. The lowest BCUT2D eigenvalue weighted by Crippen LogP contribution is -1.86. The largest absolute Gasteiger partial charge is 0.266 e. The van der Waals surface area contributed by atoms with Crippen LogP contribution in [0.5, 0.6) is 0 Å². The zero-order chi connectivity index (χ0) is 11.3. The third-order valence-electron chi connectivity index (χ3n) is 2.14. The molecule has 1 heteroatoms. The van der Waals surface area contributed by atoms with Crippen LogP contribution in [0.25, 0.3) is 5.57 Å². The van der Waals surface area contributed by atoms with E-state index in [1.165, 1.54) is 11.1 Å². The van der Waals surface area contributed by atoms with Crippen LogP contribution in [-0.2, 0) is 0 Å². The summed E-state index contributed by atoms with van der Waals surface area (Å²) in [5.74, 6) is 0. The van der Waals surface area contributed by atoms with Gasteiger partial charge in [0.25, 0.3) is 0 Å². The van der Waals surface area contributed by atoms with Crippen LogP contribution in [0.15, 0.2) is 48.1 Å². The Bertz CT molecular complexity index is 407. The van der Waals surface area contributed by atoms with Gasteiger partial charge in [-0.15, -0.1) is 0 Å². The van der Waals surface area contributed by atoms with Crippen LogP contribution in [0.2, 0.25) is 0 Å². The van der Waals surface area contributed by atoms with Crippen molar-refractivity contribution in [2.24, 2.45) is 4.99 Å². The lowest BCUT2D eigenvalue weighted by Gasteiger charge is -2.04. The summed E-state index contributed by atoms with van der Waals surface area (Å²) in [5, 5.41) is 0. The van der Waals surface area contributed by atoms with Crippen LogP contribution in [0.4, 0.5) is 0 Å². The minimum Gasteiger partial charge on any atom is -0.266 e. The molecule has 0 amide bonds. The van der Waals surface area contributed by atoms with Gasteiger partial charge in [-0.3, -0.25) is 4.99 Å². The second-order valence-electron chi connectivity index (χ2n) is 3.68. The predicted molar refractivity (Wildman–Crippen MR) is 68.1 cm³/mol. The molecule has 0 aliphatic heterocycles. The molecule has 0 spiro atoms. The van der Waals surface area contributed by atoms with Gasteiger partial charge in [-0.05, 0) is 37.5 Å². The summed E-state index contributed by atoms with van der Waals surface area (Å²) in [6.07, 6.45) is 3.71. The van der Waals surface area contributed by atoms with Gasteiger partial charge in [0.1, 0.15) is 0 Å². The highest BCUT2D eigenvalue weighted by Crippen LogP contribution is 2.19. The molecule has 0 aliphatic rings. The Morgan fingerprint density at radius 3 is 2.47 bits per heavy atom. The van der Waals surface area contributed by atoms with E-state index in [2.05, 4.69) is 30.6 Å². The van der Waals surface area contributed by atoms with Crippen molar-refractivity contribution >= 4 is 11.3 Å². The van der Waals surface area contributed by atoms with E-state index in [0.29, 0.717) is 0 Å². The summed E-state index contributed by atoms with van der Waals surface area (Å²) < 4.78 is 0. The lowest BCUT2D eigenvalue weighted by molar-refractivity contribution is 1.41. The molecule has 78 valence electrons. The molecular formula is C14H17N. The predicted octanol–water partition coefficient (Wildman–Crippen LogP) is 4.00. The van der Waals surface area contributed by atoms with E-state index in [9.17, 15) is 0 Å². The first kappa shape index (κ1) is 11.4. The Morgan fingerprint density at radius 2 is 1.93 bits per heavy atom. The molecule has 15 heavy (non-hydrogen) atoms. The minimum atomic E-state index is 1.04. The van der Waals surface area contributed by atoms with Crippen molar-refractivity contribution < 1.29 is 0 Å². The maximum Gasteiger partial charge on any atom is 0.0345 e. The fraction of sp³-hybridized carbons (Fsp3) is 0.214. The van der Waals surface area contributed by atoms with Crippen LogP contribution < -0.4 is 0 Å². The van der Waals surface area contributed by atoms with E-state index in [0.717, 1.165) is 11.3 Å². The summed E-state index contributed by atoms with van der Waals surface area (Å²) >= 11 is 0. The highest BCUT2D eigenvalue weighted by Gasteiger charge is 1.99. The van der Waals surface area contributed by atoms with Gasteiger partial charge in [-0.2, -0.15) is 0 Å². The standard InChI is InChI=1S/C14H17N/c1-5-13(10-15-11(2)3)14-9-7-6-8-12(14)4/h5-10H,1H2,2-4H3/b13-10+. The summed E-state index contributed by atoms with van der Waals surface area (Å²) in [6, 6.07) is 8.24. The van der Waals surface area contributed by atoms with Crippen molar-refractivity contribution in [3.63, 3.8) is 0 Å². The summed E-state index contributed by atoms with van der Waals surface area (Å²) in [5.41, 5.74) is 4.54. The number of nitrogens with zero attached hydrogens (tertiary/aromatic N) is 1. The topological polar surface area (TPSA) is 12.4 Å². The molecule has 0 aliphatic carbocycles. The highest BCUT2D eigenvalue weighted by atomic mass is 14.7. The average Bonchev–Trinajstić information content (AvgIpc) is 2.21. The van der Waals surface area contributed by atoms with E-state index < -0.39 is 0 Å². The van der Waals surface area contributed by atoms with Crippen molar-refractivity contribution in [1.82, 2.24) is 0 Å². The molecule has 0 N–H and O–H groups in total. The molecule has 0 bridgehead atoms.